The molecule has 0 N–H and O–H groups in total. The SMILES string of the molecule is COc1cc(C=O)ccc1OCc1ccc(COc2ccc(/C=C3\SC(=O)N(Cc4ccccc4)C3=O)cc2OC)cc1. The largest absolute Gasteiger partial charge is 0.493 e. The van der Waals surface area contributed by atoms with Crippen LogP contribution in [-0.4, -0.2) is 36.6 Å². The van der Waals surface area contributed by atoms with Crippen LogP contribution in [0.5, 0.6) is 23.0 Å². The molecule has 0 radical (unpaired) electrons. The fraction of sp³-hybridized carbons (Fsp3) is 0.147. The van der Waals surface area contributed by atoms with Crippen molar-refractivity contribution in [3.05, 3.63) is 124 Å². The molecule has 1 saturated heterocycles. The number of hydrogen-bond acceptors (Lipinski definition) is 8. The highest BCUT2D eigenvalue weighted by Crippen LogP contribution is 2.35. The van der Waals surface area contributed by atoms with Crippen molar-refractivity contribution in [2.45, 2.75) is 19.8 Å². The Labute approximate surface area is 253 Å². The Morgan fingerprint density at radius 2 is 1.23 bits per heavy atom. The number of thioether (sulfide) groups is 1. The van der Waals surface area contributed by atoms with Crippen LogP contribution >= 0.6 is 11.8 Å². The second-order valence-electron chi connectivity index (χ2n) is 9.59. The number of rotatable bonds is 12. The summed E-state index contributed by atoms with van der Waals surface area (Å²) in [5, 5.41) is -0.294. The molecule has 4 aromatic carbocycles. The highest BCUT2D eigenvalue weighted by Gasteiger charge is 2.35. The molecule has 0 spiro atoms. The molecule has 1 aliphatic heterocycles. The van der Waals surface area contributed by atoms with E-state index in [1.54, 1.807) is 43.5 Å². The number of carbonyl (C=O) groups excluding carboxylic acids is 3. The lowest BCUT2D eigenvalue weighted by Gasteiger charge is -2.13. The van der Waals surface area contributed by atoms with Gasteiger partial charge in [-0.25, -0.2) is 0 Å². The van der Waals surface area contributed by atoms with Crippen LogP contribution in [0.3, 0.4) is 0 Å². The maximum Gasteiger partial charge on any atom is 0.293 e. The standard InChI is InChI=1S/C34H29NO7S/c1-39-30-16-26(18-32-33(37)35(34(38)43-32)19-23-6-4-3-5-7-23)12-14-28(30)41-21-24-8-10-25(11-9-24)22-42-29-15-13-27(20-36)17-31(29)40-2/h3-18,20H,19,21-22H2,1-2H3/b32-18-. The van der Waals surface area contributed by atoms with Crippen LogP contribution < -0.4 is 18.9 Å². The summed E-state index contributed by atoms with van der Waals surface area (Å²) >= 11 is 0.926. The molecular formula is C34H29NO7S. The van der Waals surface area contributed by atoms with Crippen LogP contribution in [0.2, 0.25) is 0 Å². The van der Waals surface area contributed by atoms with Crippen LogP contribution in [0.15, 0.2) is 95.9 Å². The normalized spacial score (nSPS) is 13.7. The van der Waals surface area contributed by atoms with E-state index in [0.717, 1.165) is 40.3 Å². The Kier molecular flexibility index (Phi) is 9.43. The first kappa shape index (κ1) is 29.5. The van der Waals surface area contributed by atoms with Crippen molar-refractivity contribution in [3.8, 4) is 23.0 Å². The van der Waals surface area contributed by atoms with Gasteiger partial charge in [0.15, 0.2) is 23.0 Å². The number of aldehydes is 1. The third-order valence-electron chi connectivity index (χ3n) is 6.68. The van der Waals surface area contributed by atoms with Gasteiger partial charge in [-0.2, -0.15) is 0 Å². The van der Waals surface area contributed by atoms with Crippen molar-refractivity contribution in [2.24, 2.45) is 0 Å². The molecule has 0 saturated carbocycles. The molecule has 1 fully saturated rings. The molecule has 0 aromatic heterocycles. The minimum absolute atomic E-state index is 0.234. The molecule has 9 heteroatoms. The predicted molar refractivity (Wildman–Crippen MR) is 164 cm³/mol. The van der Waals surface area contributed by atoms with Gasteiger partial charge < -0.3 is 18.9 Å². The molecule has 1 heterocycles. The topological polar surface area (TPSA) is 91.4 Å². The summed E-state index contributed by atoms with van der Waals surface area (Å²) in [7, 11) is 3.08. The van der Waals surface area contributed by atoms with E-state index in [0.29, 0.717) is 46.7 Å². The molecular weight excluding hydrogens is 566 g/mol. The monoisotopic (exact) mass is 595 g/mol. The lowest BCUT2D eigenvalue weighted by atomic mass is 10.1. The molecule has 1 aliphatic rings. The van der Waals surface area contributed by atoms with Crippen molar-refractivity contribution < 1.29 is 33.3 Å². The van der Waals surface area contributed by atoms with Crippen LogP contribution in [0.25, 0.3) is 6.08 Å². The predicted octanol–water partition coefficient (Wildman–Crippen LogP) is 6.91. The lowest BCUT2D eigenvalue weighted by molar-refractivity contribution is -0.123. The first-order chi connectivity index (χ1) is 21.0. The zero-order valence-corrected chi connectivity index (χ0v) is 24.5. The van der Waals surface area contributed by atoms with Gasteiger partial charge in [0, 0.05) is 5.56 Å². The Hall–Kier alpha value is -5.02. The Morgan fingerprint density at radius 1 is 0.674 bits per heavy atom. The van der Waals surface area contributed by atoms with Gasteiger partial charge in [-0.3, -0.25) is 19.3 Å². The highest BCUT2D eigenvalue weighted by atomic mass is 32.2. The zero-order valence-electron chi connectivity index (χ0n) is 23.6. The number of methoxy groups -OCH3 is 2. The van der Waals surface area contributed by atoms with Gasteiger partial charge in [0.05, 0.1) is 25.7 Å². The number of hydrogen-bond donors (Lipinski definition) is 0. The van der Waals surface area contributed by atoms with Crippen molar-refractivity contribution >= 4 is 35.3 Å². The Balaban J connectivity index is 1.19. The lowest BCUT2D eigenvalue weighted by Crippen LogP contribution is -2.27. The van der Waals surface area contributed by atoms with E-state index in [1.807, 2.05) is 60.7 Å². The second-order valence-corrected chi connectivity index (χ2v) is 10.6. The van der Waals surface area contributed by atoms with Gasteiger partial charge in [0.25, 0.3) is 11.1 Å². The molecule has 4 aromatic rings. The van der Waals surface area contributed by atoms with Gasteiger partial charge in [0.1, 0.15) is 19.5 Å². The van der Waals surface area contributed by atoms with E-state index in [-0.39, 0.29) is 17.7 Å². The number of benzene rings is 4. The summed E-state index contributed by atoms with van der Waals surface area (Å²) in [5.74, 6) is 1.80. The highest BCUT2D eigenvalue weighted by molar-refractivity contribution is 8.18. The molecule has 2 amide bonds. The van der Waals surface area contributed by atoms with E-state index in [1.165, 1.54) is 12.0 Å². The summed E-state index contributed by atoms with van der Waals surface area (Å²) < 4.78 is 22.8. The van der Waals surface area contributed by atoms with Crippen LogP contribution in [0, 0.1) is 0 Å². The Bertz CT molecular complexity index is 1650. The summed E-state index contributed by atoms with van der Waals surface area (Å²) in [6.07, 6.45) is 2.45. The Morgan fingerprint density at radius 3 is 1.79 bits per heavy atom. The minimum Gasteiger partial charge on any atom is -0.493 e. The van der Waals surface area contributed by atoms with Gasteiger partial charge in [-0.05, 0) is 70.4 Å². The van der Waals surface area contributed by atoms with Crippen molar-refractivity contribution in [1.82, 2.24) is 4.90 Å². The molecule has 8 nitrogen and oxygen atoms in total. The van der Waals surface area contributed by atoms with Crippen LogP contribution in [0.4, 0.5) is 4.79 Å². The molecule has 43 heavy (non-hydrogen) atoms. The van der Waals surface area contributed by atoms with E-state index in [9.17, 15) is 14.4 Å². The van der Waals surface area contributed by atoms with E-state index in [4.69, 9.17) is 18.9 Å². The average molecular weight is 596 g/mol. The van der Waals surface area contributed by atoms with Gasteiger partial charge in [-0.1, -0.05) is 60.7 Å². The molecule has 0 unspecified atom stereocenters. The number of imide groups is 1. The van der Waals surface area contributed by atoms with Gasteiger partial charge in [0.2, 0.25) is 0 Å². The van der Waals surface area contributed by atoms with E-state index < -0.39 is 0 Å². The zero-order chi connectivity index (χ0) is 30.2. The second kappa shape index (κ2) is 13.8. The quantitative estimate of drug-likeness (QED) is 0.129. The van der Waals surface area contributed by atoms with Gasteiger partial charge >= 0.3 is 0 Å². The third-order valence-corrected chi connectivity index (χ3v) is 7.59. The summed E-state index contributed by atoms with van der Waals surface area (Å²) in [6, 6.07) is 27.6. The first-order valence-electron chi connectivity index (χ1n) is 13.4. The molecule has 0 atom stereocenters. The maximum atomic E-state index is 12.9. The minimum atomic E-state index is -0.318. The molecule has 0 bridgehead atoms. The van der Waals surface area contributed by atoms with Crippen molar-refractivity contribution in [2.75, 3.05) is 14.2 Å². The third kappa shape index (κ3) is 7.25. The number of ether oxygens (including phenoxy) is 4. The fourth-order valence-corrected chi connectivity index (χ4v) is 5.22. The summed E-state index contributed by atoms with van der Waals surface area (Å²) in [6.45, 7) is 0.882. The maximum absolute atomic E-state index is 12.9. The number of carbonyl (C=O) groups is 3. The van der Waals surface area contributed by atoms with E-state index >= 15 is 0 Å². The summed E-state index contributed by atoms with van der Waals surface area (Å²) in [5.41, 5.74) is 4.04. The molecule has 5 rings (SSSR count). The number of amides is 2. The molecule has 0 aliphatic carbocycles. The summed E-state index contributed by atoms with van der Waals surface area (Å²) in [4.78, 5) is 38.1. The van der Waals surface area contributed by atoms with Crippen LogP contribution in [0.1, 0.15) is 32.6 Å². The first-order valence-corrected chi connectivity index (χ1v) is 14.2. The fourth-order valence-electron chi connectivity index (χ4n) is 4.38. The van der Waals surface area contributed by atoms with Crippen molar-refractivity contribution in [1.29, 1.82) is 0 Å². The van der Waals surface area contributed by atoms with Gasteiger partial charge in [-0.15, -0.1) is 0 Å². The average Bonchev–Trinajstić information content (AvgIpc) is 3.30. The van der Waals surface area contributed by atoms with Crippen molar-refractivity contribution in [3.63, 3.8) is 0 Å². The number of nitrogens with zero attached hydrogens (tertiary/aromatic N) is 1. The molecule has 218 valence electrons. The van der Waals surface area contributed by atoms with Crippen LogP contribution in [-0.2, 0) is 24.6 Å². The smallest absolute Gasteiger partial charge is 0.293 e. The van der Waals surface area contributed by atoms with E-state index in [2.05, 4.69) is 0 Å².